The molecule has 1 aromatic carbocycles. The van der Waals surface area contributed by atoms with E-state index < -0.39 is 0 Å². The Kier molecular flexibility index (Phi) is 3.49. The molecule has 2 aromatic rings. The van der Waals surface area contributed by atoms with Gasteiger partial charge in [-0.1, -0.05) is 17.7 Å². The third-order valence-corrected chi connectivity index (χ3v) is 2.65. The molecule has 0 fully saturated rings. The lowest BCUT2D eigenvalue weighted by Gasteiger charge is -2.16. The van der Waals surface area contributed by atoms with Crippen molar-refractivity contribution in [2.75, 3.05) is 7.05 Å². The second-order valence-electron chi connectivity index (χ2n) is 3.80. The molecule has 0 N–H and O–H groups in total. The lowest BCUT2D eigenvalue weighted by molar-refractivity contribution is 0.0785. The van der Waals surface area contributed by atoms with Crippen LogP contribution in [0.3, 0.4) is 0 Å². The Labute approximate surface area is 105 Å². The summed E-state index contributed by atoms with van der Waals surface area (Å²) in [4.78, 5) is 13.7. The van der Waals surface area contributed by atoms with E-state index in [0.29, 0.717) is 17.1 Å². The fourth-order valence-electron chi connectivity index (χ4n) is 1.57. The molecule has 0 unspecified atom stereocenters. The lowest BCUT2D eigenvalue weighted by Crippen LogP contribution is -2.25. The lowest BCUT2D eigenvalue weighted by atomic mass is 10.2. The second kappa shape index (κ2) is 5.06. The summed E-state index contributed by atoms with van der Waals surface area (Å²) in [6.07, 6.45) is 3.22. The van der Waals surface area contributed by atoms with Crippen molar-refractivity contribution in [2.45, 2.75) is 6.54 Å². The van der Waals surface area contributed by atoms with Crippen molar-refractivity contribution >= 4 is 17.5 Å². The second-order valence-corrected chi connectivity index (χ2v) is 4.24. The van der Waals surface area contributed by atoms with Gasteiger partial charge in [0.2, 0.25) is 0 Å². The first-order valence-corrected chi connectivity index (χ1v) is 5.57. The monoisotopic (exact) mass is 249 g/mol. The number of furan rings is 1. The number of hydrogen-bond acceptors (Lipinski definition) is 2. The van der Waals surface area contributed by atoms with Crippen molar-refractivity contribution in [3.63, 3.8) is 0 Å². The van der Waals surface area contributed by atoms with Crippen molar-refractivity contribution in [2.24, 2.45) is 0 Å². The van der Waals surface area contributed by atoms with Crippen molar-refractivity contribution in [3.05, 3.63) is 59.0 Å². The van der Waals surface area contributed by atoms with E-state index in [2.05, 4.69) is 0 Å². The van der Waals surface area contributed by atoms with Crippen LogP contribution in [0.15, 0.2) is 47.3 Å². The van der Waals surface area contributed by atoms with Crippen LogP contribution in [0.2, 0.25) is 5.02 Å². The largest absolute Gasteiger partial charge is 0.472 e. The molecule has 0 bridgehead atoms. The first-order valence-electron chi connectivity index (χ1n) is 5.19. The van der Waals surface area contributed by atoms with Gasteiger partial charge in [0.15, 0.2) is 0 Å². The van der Waals surface area contributed by atoms with Gasteiger partial charge in [-0.3, -0.25) is 4.79 Å². The number of carbonyl (C=O) groups excluding carboxylic acids is 1. The van der Waals surface area contributed by atoms with E-state index in [0.717, 1.165) is 5.56 Å². The summed E-state index contributed by atoms with van der Waals surface area (Å²) in [6.45, 7) is 0.516. The molecule has 0 atom stereocenters. The van der Waals surface area contributed by atoms with Crippen LogP contribution in [0.1, 0.15) is 15.9 Å². The van der Waals surface area contributed by atoms with Gasteiger partial charge in [0.05, 0.1) is 12.5 Å². The number of benzene rings is 1. The normalized spacial score (nSPS) is 10.2. The maximum atomic E-state index is 12.1. The van der Waals surface area contributed by atoms with Crippen LogP contribution in [0.5, 0.6) is 0 Å². The SMILES string of the molecule is CN(Cc1ccoc1)C(=O)c1cccc(Cl)c1. The van der Waals surface area contributed by atoms with Crippen LogP contribution in [0.4, 0.5) is 0 Å². The number of carbonyl (C=O) groups is 1. The number of hydrogen-bond donors (Lipinski definition) is 0. The summed E-state index contributed by atoms with van der Waals surface area (Å²) >= 11 is 5.85. The van der Waals surface area contributed by atoms with Crippen molar-refractivity contribution < 1.29 is 9.21 Å². The molecule has 17 heavy (non-hydrogen) atoms. The Morgan fingerprint density at radius 2 is 2.24 bits per heavy atom. The molecule has 4 heteroatoms. The zero-order chi connectivity index (χ0) is 12.3. The molecule has 3 nitrogen and oxygen atoms in total. The smallest absolute Gasteiger partial charge is 0.253 e. The van der Waals surface area contributed by atoms with E-state index in [1.54, 1.807) is 48.7 Å². The topological polar surface area (TPSA) is 33.5 Å². The van der Waals surface area contributed by atoms with Crippen LogP contribution in [-0.4, -0.2) is 17.9 Å². The van der Waals surface area contributed by atoms with Crippen molar-refractivity contribution in [1.29, 1.82) is 0 Å². The van der Waals surface area contributed by atoms with Gasteiger partial charge in [0.1, 0.15) is 0 Å². The molecule has 0 spiro atoms. The van der Waals surface area contributed by atoms with Crippen molar-refractivity contribution in [1.82, 2.24) is 4.90 Å². The standard InChI is InChI=1S/C13H12ClNO2/c1-15(8-10-5-6-17-9-10)13(16)11-3-2-4-12(14)7-11/h2-7,9H,8H2,1H3. The summed E-state index contributed by atoms with van der Waals surface area (Å²) < 4.78 is 4.96. The molecule has 0 saturated carbocycles. The highest BCUT2D eigenvalue weighted by Crippen LogP contribution is 2.13. The van der Waals surface area contributed by atoms with Crippen LogP contribution in [0.25, 0.3) is 0 Å². The molecular formula is C13H12ClNO2. The summed E-state index contributed by atoms with van der Waals surface area (Å²) in [7, 11) is 1.75. The van der Waals surface area contributed by atoms with E-state index in [9.17, 15) is 4.79 Å². The van der Waals surface area contributed by atoms with E-state index in [1.807, 2.05) is 6.07 Å². The van der Waals surface area contributed by atoms with Gasteiger partial charge in [0, 0.05) is 29.7 Å². The summed E-state index contributed by atoms with van der Waals surface area (Å²) in [5, 5.41) is 0.563. The van der Waals surface area contributed by atoms with Gasteiger partial charge >= 0.3 is 0 Å². The Balaban J connectivity index is 2.09. The average molecular weight is 250 g/mol. The Hall–Kier alpha value is -1.74. The van der Waals surface area contributed by atoms with Crippen LogP contribution < -0.4 is 0 Å². The minimum Gasteiger partial charge on any atom is -0.472 e. The van der Waals surface area contributed by atoms with Gasteiger partial charge in [-0.15, -0.1) is 0 Å². The molecule has 0 aliphatic heterocycles. The van der Waals surface area contributed by atoms with E-state index in [-0.39, 0.29) is 5.91 Å². The Morgan fingerprint density at radius 3 is 2.88 bits per heavy atom. The van der Waals surface area contributed by atoms with Gasteiger partial charge in [0.25, 0.3) is 5.91 Å². The molecule has 0 aliphatic rings. The highest BCUT2D eigenvalue weighted by Gasteiger charge is 2.12. The molecular weight excluding hydrogens is 238 g/mol. The van der Waals surface area contributed by atoms with Gasteiger partial charge < -0.3 is 9.32 Å². The predicted molar refractivity (Wildman–Crippen MR) is 66.0 cm³/mol. The molecule has 1 aromatic heterocycles. The molecule has 88 valence electrons. The molecule has 1 amide bonds. The molecule has 1 heterocycles. The molecule has 0 aliphatic carbocycles. The van der Waals surface area contributed by atoms with Crippen molar-refractivity contribution in [3.8, 4) is 0 Å². The maximum Gasteiger partial charge on any atom is 0.253 e. The summed E-state index contributed by atoms with van der Waals surface area (Å²) in [5.41, 5.74) is 1.55. The zero-order valence-electron chi connectivity index (χ0n) is 9.39. The number of amides is 1. The fraction of sp³-hybridized carbons (Fsp3) is 0.154. The fourth-order valence-corrected chi connectivity index (χ4v) is 1.76. The third kappa shape index (κ3) is 2.88. The zero-order valence-corrected chi connectivity index (χ0v) is 10.1. The van der Waals surface area contributed by atoms with Crippen LogP contribution >= 0.6 is 11.6 Å². The van der Waals surface area contributed by atoms with E-state index >= 15 is 0 Å². The summed E-state index contributed by atoms with van der Waals surface area (Å²) in [5.74, 6) is -0.0614. The maximum absolute atomic E-state index is 12.1. The molecule has 0 saturated heterocycles. The van der Waals surface area contributed by atoms with Crippen LogP contribution in [-0.2, 0) is 6.54 Å². The Bertz CT molecular complexity index is 508. The van der Waals surface area contributed by atoms with Crippen LogP contribution in [0, 0.1) is 0 Å². The van der Waals surface area contributed by atoms with E-state index in [1.165, 1.54) is 0 Å². The predicted octanol–water partition coefficient (Wildman–Crippen LogP) is 3.21. The van der Waals surface area contributed by atoms with Gasteiger partial charge in [-0.2, -0.15) is 0 Å². The highest BCUT2D eigenvalue weighted by atomic mass is 35.5. The minimum atomic E-state index is -0.0614. The molecule has 2 rings (SSSR count). The third-order valence-electron chi connectivity index (χ3n) is 2.42. The quantitative estimate of drug-likeness (QED) is 0.837. The number of rotatable bonds is 3. The number of halogens is 1. The Morgan fingerprint density at radius 1 is 1.41 bits per heavy atom. The first kappa shape index (κ1) is 11.7. The first-order chi connectivity index (χ1) is 8.16. The van der Waals surface area contributed by atoms with Gasteiger partial charge in [-0.05, 0) is 24.3 Å². The minimum absolute atomic E-state index is 0.0614. The summed E-state index contributed by atoms with van der Waals surface area (Å²) in [6, 6.07) is 8.76. The highest BCUT2D eigenvalue weighted by molar-refractivity contribution is 6.30. The number of nitrogens with zero attached hydrogens (tertiary/aromatic N) is 1. The van der Waals surface area contributed by atoms with Gasteiger partial charge in [-0.25, -0.2) is 0 Å². The van der Waals surface area contributed by atoms with E-state index in [4.69, 9.17) is 16.0 Å². The molecule has 0 radical (unpaired) electrons. The average Bonchev–Trinajstić information content (AvgIpc) is 2.80.